The first-order chi connectivity index (χ1) is 18.1. The van der Waals surface area contributed by atoms with Crippen molar-refractivity contribution in [3.63, 3.8) is 0 Å². The number of benzene rings is 3. The summed E-state index contributed by atoms with van der Waals surface area (Å²) in [5.74, 6) is 0.0577. The third-order valence-corrected chi connectivity index (χ3v) is 6.40. The highest BCUT2D eigenvalue weighted by molar-refractivity contribution is 6.46. The molecule has 1 fully saturated rings. The van der Waals surface area contributed by atoms with Crippen molar-refractivity contribution in [1.82, 2.24) is 4.90 Å². The van der Waals surface area contributed by atoms with E-state index in [4.69, 9.17) is 14.2 Å². The molecular weight excluding hydrogens is 470 g/mol. The summed E-state index contributed by atoms with van der Waals surface area (Å²) < 4.78 is 16.8. The highest BCUT2D eigenvalue weighted by Crippen LogP contribution is 2.41. The lowest BCUT2D eigenvalue weighted by molar-refractivity contribution is -0.139. The molecule has 1 N–H and O–H groups in total. The van der Waals surface area contributed by atoms with Gasteiger partial charge in [0, 0.05) is 12.1 Å². The standard InChI is InChI=1S/C30H27NO6/c1-2-16-35-23-11-8-21(9-12-23)27-26(28(32)22-10-13-24-25(19-22)37-18-17-36-24)29(33)30(34)31(27)15-14-20-6-4-3-5-7-20/h2-13,19,27,32H,1,14-18H2/b28-26+/t27-/m1/s1. The number of carbonyl (C=O) groups excluding carboxylic acids is 2. The fourth-order valence-electron chi connectivity index (χ4n) is 4.60. The number of likely N-dealkylation sites (tertiary alicyclic amines) is 1. The van der Waals surface area contributed by atoms with Gasteiger partial charge in [0.25, 0.3) is 11.7 Å². The van der Waals surface area contributed by atoms with Crippen molar-refractivity contribution in [2.45, 2.75) is 12.5 Å². The van der Waals surface area contributed by atoms with E-state index in [2.05, 4.69) is 6.58 Å². The molecule has 2 heterocycles. The van der Waals surface area contributed by atoms with Crippen molar-refractivity contribution in [3.8, 4) is 17.2 Å². The summed E-state index contributed by atoms with van der Waals surface area (Å²) in [5.41, 5.74) is 2.15. The number of hydrogen-bond acceptors (Lipinski definition) is 6. The average molecular weight is 498 g/mol. The quantitative estimate of drug-likeness (QED) is 0.210. The number of aliphatic hydroxyl groups is 1. The predicted molar refractivity (Wildman–Crippen MR) is 139 cm³/mol. The number of nitrogens with zero attached hydrogens (tertiary/aromatic N) is 1. The Balaban J connectivity index is 1.55. The second-order valence-corrected chi connectivity index (χ2v) is 8.76. The smallest absolute Gasteiger partial charge is 0.295 e. The maximum Gasteiger partial charge on any atom is 0.295 e. The van der Waals surface area contributed by atoms with Gasteiger partial charge in [-0.25, -0.2) is 0 Å². The van der Waals surface area contributed by atoms with E-state index in [0.29, 0.717) is 61.2 Å². The molecule has 3 aromatic rings. The van der Waals surface area contributed by atoms with Gasteiger partial charge in [-0.1, -0.05) is 55.1 Å². The van der Waals surface area contributed by atoms with Crippen molar-refractivity contribution < 1.29 is 28.9 Å². The zero-order chi connectivity index (χ0) is 25.8. The van der Waals surface area contributed by atoms with Gasteiger partial charge in [0.15, 0.2) is 11.5 Å². The van der Waals surface area contributed by atoms with Gasteiger partial charge in [-0.05, 0) is 47.9 Å². The summed E-state index contributed by atoms with van der Waals surface area (Å²) in [6, 6.07) is 21.1. The number of ketones is 1. The number of Topliss-reactive ketones (excluding diaryl/α,β-unsaturated/α-hetero) is 1. The third-order valence-electron chi connectivity index (χ3n) is 6.40. The Morgan fingerprint density at radius 3 is 2.46 bits per heavy atom. The van der Waals surface area contributed by atoms with Gasteiger partial charge >= 0.3 is 0 Å². The van der Waals surface area contributed by atoms with Crippen LogP contribution in [-0.4, -0.2) is 48.1 Å². The highest BCUT2D eigenvalue weighted by atomic mass is 16.6. The maximum atomic E-state index is 13.3. The largest absolute Gasteiger partial charge is 0.507 e. The zero-order valence-electron chi connectivity index (χ0n) is 20.3. The minimum Gasteiger partial charge on any atom is -0.507 e. The molecule has 0 spiro atoms. The number of rotatable bonds is 8. The molecule has 0 aliphatic carbocycles. The van der Waals surface area contributed by atoms with Gasteiger partial charge in [-0.15, -0.1) is 0 Å². The number of fused-ring (bicyclic) bond motifs is 1. The number of amides is 1. The number of hydrogen-bond donors (Lipinski definition) is 1. The van der Waals surface area contributed by atoms with E-state index >= 15 is 0 Å². The summed E-state index contributed by atoms with van der Waals surface area (Å²) in [6.07, 6.45) is 2.22. The Bertz CT molecular complexity index is 1350. The first kappa shape index (κ1) is 24.2. The Labute approximate surface area is 215 Å². The summed E-state index contributed by atoms with van der Waals surface area (Å²) in [6.45, 7) is 5.16. The highest BCUT2D eigenvalue weighted by Gasteiger charge is 2.46. The molecule has 1 saturated heterocycles. The first-order valence-corrected chi connectivity index (χ1v) is 12.1. The Hall–Kier alpha value is -4.52. The van der Waals surface area contributed by atoms with E-state index in [1.54, 1.807) is 36.4 Å². The Morgan fingerprint density at radius 2 is 1.73 bits per heavy atom. The molecule has 0 saturated carbocycles. The van der Waals surface area contributed by atoms with Crippen molar-refractivity contribution in [1.29, 1.82) is 0 Å². The van der Waals surface area contributed by atoms with E-state index in [9.17, 15) is 14.7 Å². The molecule has 0 unspecified atom stereocenters. The van der Waals surface area contributed by atoms with E-state index in [1.165, 1.54) is 4.90 Å². The van der Waals surface area contributed by atoms with Crippen LogP contribution >= 0.6 is 0 Å². The molecule has 7 heteroatoms. The molecule has 2 aliphatic heterocycles. The lowest BCUT2D eigenvalue weighted by Crippen LogP contribution is -2.31. The third kappa shape index (κ3) is 4.93. The maximum absolute atomic E-state index is 13.3. The minimum atomic E-state index is -0.759. The fourth-order valence-corrected chi connectivity index (χ4v) is 4.60. The van der Waals surface area contributed by atoms with Gasteiger partial charge in [-0.2, -0.15) is 0 Å². The molecule has 37 heavy (non-hydrogen) atoms. The van der Waals surface area contributed by atoms with Crippen LogP contribution in [0.2, 0.25) is 0 Å². The molecule has 5 rings (SSSR count). The van der Waals surface area contributed by atoms with Crippen LogP contribution in [0.1, 0.15) is 22.7 Å². The lowest BCUT2D eigenvalue weighted by atomic mass is 9.95. The monoisotopic (exact) mass is 497 g/mol. The summed E-state index contributed by atoms with van der Waals surface area (Å²) in [4.78, 5) is 28.1. The molecular formula is C30H27NO6. The van der Waals surface area contributed by atoms with E-state index in [1.807, 2.05) is 42.5 Å². The van der Waals surface area contributed by atoms with Crippen molar-refractivity contribution >= 4 is 17.4 Å². The van der Waals surface area contributed by atoms with Gasteiger partial charge < -0.3 is 24.2 Å². The SMILES string of the molecule is C=CCOc1ccc([C@@H]2/C(=C(\O)c3ccc4c(c3)OCCO4)C(=O)C(=O)N2CCc2ccccc2)cc1. The Kier molecular flexibility index (Phi) is 6.94. The second kappa shape index (κ2) is 10.6. The van der Waals surface area contributed by atoms with Gasteiger partial charge in [0.2, 0.25) is 0 Å². The number of aliphatic hydroxyl groups excluding tert-OH is 1. The van der Waals surface area contributed by atoms with Crippen molar-refractivity contribution in [2.75, 3.05) is 26.4 Å². The number of ether oxygens (including phenoxy) is 3. The van der Waals surface area contributed by atoms with Gasteiger partial charge in [0.05, 0.1) is 11.6 Å². The van der Waals surface area contributed by atoms with E-state index in [0.717, 1.165) is 5.56 Å². The van der Waals surface area contributed by atoms with Crippen LogP contribution in [0.4, 0.5) is 0 Å². The number of carbonyl (C=O) groups is 2. The first-order valence-electron chi connectivity index (χ1n) is 12.1. The van der Waals surface area contributed by atoms with Crippen LogP contribution in [0.3, 0.4) is 0 Å². The molecule has 1 atom stereocenters. The summed E-state index contributed by atoms with van der Waals surface area (Å²) in [5, 5.41) is 11.4. The molecule has 0 aromatic heterocycles. The molecule has 0 bridgehead atoms. The molecule has 7 nitrogen and oxygen atoms in total. The zero-order valence-corrected chi connectivity index (χ0v) is 20.3. The van der Waals surface area contributed by atoms with Crippen LogP contribution in [0.5, 0.6) is 17.2 Å². The molecule has 2 aliphatic rings. The predicted octanol–water partition coefficient (Wildman–Crippen LogP) is 4.69. The second-order valence-electron chi connectivity index (χ2n) is 8.76. The van der Waals surface area contributed by atoms with Crippen molar-refractivity contribution in [2.24, 2.45) is 0 Å². The summed E-state index contributed by atoms with van der Waals surface area (Å²) in [7, 11) is 0. The normalized spacial score (nSPS) is 18.1. The van der Waals surface area contributed by atoms with Crippen LogP contribution in [0.15, 0.2) is 91.0 Å². The molecule has 188 valence electrons. The van der Waals surface area contributed by atoms with Crippen LogP contribution in [0, 0.1) is 0 Å². The van der Waals surface area contributed by atoms with Crippen LogP contribution in [-0.2, 0) is 16.0 Å². The van der Waals surface area contributed by atoms with Crippen LogP contribution < -0.4 is 14.2 Å². The fraction of sp³-hybridized carbons (Fsp3) is 0.200. The topological polar surface area (TPSA) is 85.3 Å². The minimum absolute atomic E-state index is 0.0366. The van der Waals surface area contributed by atoms with Gasteiger partial charge in [0.1, 0.15) is 31.3 Å². The van der Waals surface area contributed by atoms with Gasteiger partial charge in [-0.3, -0.25) is 9.59 Å². The van der Waals surface area contributed by atoms with E-state index in [-0.39, 0.29) is 11.3 Å². The summed E-state index contributed by atoms with van der Waals surface area (Å²) >= 11 is 0. The van der Waals surface area contributed by atoms with Crippen molar-refractivity contribution in [3.05, 3.63) is 108 Å². The molecule has 3 aromatic carbocycles. The van der Waals surface area contributed by atoms with E-state index < -0.39 is 17.7 Å². The van der Waals surface area contributed by atoms with Crippen LogP contribution in [0.25, 0.3) is 5.76 Å². The lowest BCUT2D eigenvalue weighted by Gasteiger charge is -2.26. The molecule has 0 radical (unpaired) electrons. The Morgan fingerprint density at radius 1 is 1.00 bits per heavy atom. The molecule has 1 amide bonds. The average Bonchev–Trinajstić information content (AvgIpc) is 3.20.